The Bertz CT molecular complexity index is 1290. The fourth-order valence-corrected chi connectivity index (χ4v) is 4.10. The molecule has 0 saturated carbocycles. The highest BCUT2D eigenvalue weighted by Gasteiger charge is 2.18. The summed E-state index contributed by atoms with van der Waals surface area (Å²) in [6.45, 7) is 1.86. The summed E-state index contributed by atoms with van der Waals surface area (Å²) >= 11 is 3.34. The van der Waals surface area contributed by atoms with E-state index in [0.29, 0.717) is 27.1 Å². The summed E-state index contributed by atoms with van der Waals surface area (Å²) in [6.07, 6.45) is 1.30. The van der Waals surface area contributed by atoms with Gasteiger partial charge in [-0.2, -0.15) is 13.5 Å². The monoisotopic (exact) mass is 532 g/mol. The van der Waals surface area contributed by atoms with Gasteiger partial charge in [0, 0.05) is 15.6 Å². The number of nitrogens with zero attached hydrogens (tertiary/aromatic N) is 1. The molecule has 0 fully saturated rings. The number of hydrogen-bond donors (Lipinski definition) is 1. The molecule has 8 nitrogen and oxygen atoms in total. The van der Waals surface area contributed by atoms with E-state index in [9.17, 15) is 13.2 Å². The maximum absolute atomic E-state index is 12.7. The van der Waals surface area contributed by atoms with Crippen molar-refractivity contribution >= 4 is 38.2 Å². The number of carbonyl (C=O) groups is 1. The van der Waals surface area contributed by atoms with Crippen LogP contribution in [0.15, 0.2) is 75.1 Å². The first-order valence-electron chi connectivity index (χ1n) is 9.59. The molecule has 3 aromatic carbocycles. The molecule has 0 aliphatic rings. The first-order valence-corrected chi connectivity index (χ1v) is 11.8. The van der Waals surface area contributed by atoms with E-state index in [1.807, 2.05) is 6.92 Å². The van der Waals surface area contributed by atoms with Gasteiger partial charge >= 0.3 is 10.1 Å². The van der Waals surface area contributed by atoms with Crippen molar-refractivity contribution in [2.75, 3.05) is 14.2 Å². The number of methoxy groups -OCH3 is 2. The lowest BCUT2D eigenvalue weighted by atomic mass is 10.2. The number of carbonyl (C=O) groups excluding carboxylic acids is 1. The number of hydrogen-bond acceptors (Lipinski definition) is 7. The lowest BCUT2D eigenvalue weighted by Gasteiger charge is -2.10. The average Bonchev–Trinajstić information content (AvgIpc) is 2.80. The Morgan fingerprint density at radius 3 is 2.27 bits per heavy atom. The fourth-order valence-electron chi connectivity index (χ4n) is 2.77. The molecule has 0 atom stereocenters. The van der Waals surface area contributed by atoms with Gasteiger partial charge < -0.3 is 13.7 Å². The maximum atomic E-state index is 12.7. The normalized spacial score (nSPS) is 11.3. The van der Waals surface area contributed by atoms with E-state index < -0.39 is 16.0 Å². The third-order valence-corrected chi connectivity index (χ3v) is 6.24. The molecule has 172 valence electrons. The molecule has 0 heterocycles. The Kier molecular flexibility index (Phi) is 7.72. The molecule has 0 spiro atoms. The molecule has 0 aromatic heterocycles. The Hall–Kier alpha value is -3.37. The minimum absolute atomic E-state index is 0.0284. The van der Waals surface area contributed by atoms with Crippen LogP contribution in [0.4, 0.5) is 0 Å². The van der Waals surface area contributed by atoms with E-state index in [-0.39, 0.29) is 10.6 Å². The fraction of sp³-hybridized carbons (Fsp3) is 0.130. The van der Waals surface area contributed by atoms with Crippen molar-refractivity contribution in [1.82, 2.24) is 5.43 Å². The SMILES string of the molecule is COc1ccc(C(=O)N/N=C/c2cc(Br)ccc2OS(=O)(=O)c2ccc(C)cc2)cc1OC. The van der Waals surface area contributed by atoms with Crippen LogP contribution in [0.2, 0.25) is 0 Å². The van der Waals surface area contributed by atoms with Crippen LogP contribution >= 0.6 is 15.9 Å². The number of benzene rings is 3. The number of rotatable bonds is 8. The van der Waals surface area contributed by atoms with Crippen LogP contribution in [-0.2, 0) is 10.1 Å². The topological polar surface area (TPSA) is 103 Å². The molecule has 0 aliphatic carbocycles. The Morgan fingerprint density at radius 1 is 0.939 bits per heavy atom. The Labute approximate surface area is 200 Å². The van der Waals surface area contributed by atoms with Crippen LogP contribution in [-0.4, -0.2) is 34.8 Å². The smallest absolute Gasteiger partial charge is 0.339 e. The molecule has 1 N–H and O–H groups in total. The van der Waals surface area contributed by atoms with E-state index in [0.717, 1.165) is 5.56 Å². The molecule has 0 radical (unpaired) electrons. The van der Waals surface area contributed by atoms with Gasteiger partial charge in [0.15, 0.2) is 17.2 Å². The van der Waals surface area contributed by atoms with Crippen LogP contribution in [0, 0.1) is 6.92 Å². The van der Waals surface area contributed by atoms with E-state index in [1.54, 1.807) is 36.4 Å². The summed E-state index contributed by atoms with van der Waals surface area (Å²) in [7, 11) is -1.09. The number of aryl methyl sites for hydroxylation is 1. The molecule has 0 aliphatic heterocycles. The highest BCUT2D eigenvalue weighted by molar-refractivity contribution is 9.10. The van der Waals surface area contributed by atoms with Gasteiger partial charge in [0.25, 0.3) is 5.91 Å². The van der Waals surface area contributed by atoms with Crippen molar-refractivity contribution in [3.8, 4) is 17.2 Å². The molecule has 33 heavy (non-hydrogen) atoms. The van der Waals surface area contributed by atoms with Gasteiger partial charge in [-0.05, 0) is 55.5 Å². The summed E-state index contributed by atoms with van der Waals surface area (Å²) in [5, 5.41) is 3.94. The zero-order valence-electron chi connectivity index (χ0n) is 18.0. The minimum atomic E-state index is -4.05. The summed E-state index contributed by atoms with van der Waals surface area (Å²) in [5.74, 6) is 0.459. The lowest BCUT2D eigenvalue weighted by Crippen LogP contribution is -2.18. The highest BCUT2D eigenvalue weighted by atomic mass is 79.9. The van der Waals surface area contributed by atoms with Gasteiger partial charge in [-0.1, -0.05) is 33.6 Å². The number of halogens is 1. The largest absolute Gasteiger partial charge is 0.493 e. The quantitative estimate of drug-likeness (QED) is 0.263. The highest BCUT2D eigenvalue weighted by Crippen LogP contribution is 2.28. The molecule has 0 unspecified atom stereocenters. The maximum Gasteiger partial charge on any atom is 0.339 e. The van der Waals surface area contributed by atoms with Gasteiger partial charge in [0.1, 0.15) is 4.90 Å². The zero-order chi connectivity index (χ0) is 24.0. The summed E-state index contributed by atoms with van der Waals surface area (Å²) in [4.78, 5) is 12.5. The zero-order valence-corrected chi connectivity index (χ0v) is 20.4. The van der Waals surface area contributed by atoms with Crippen molar-refractivity contribution in [3.05, 3.63) is 81.8 Å². The van der Waals surface area contributed by atoms with Gasteiger partial charge in [-0.25, -0.2) is 5.43 Å². The second-order valence-electron chi connectivity index (χ2n) is 6.80. The second kappa shape index (κ2) is 10.5. The van der Waals surface area contributed by atoms with Crippen molar-refractivity contribution < 1.29 is 26.9 Å². The summed E-state index contributed by atoms with van der Waals surface area (Å²) in [5.41, 5.74) is 3.97. The molecule has 3 aromatic rings. The molecule has 3 rings (SSSR count). The van der Waals surface area contributed by atoms with Crippen molar-refractivity contribution in [3.63, 3.8) is 0 Å². The molecular formula is C23H21BrN2O6S. The van der Waals surface area contributed by atoms with E-state index in [1.165, 1.54) is 44.7 Å². The summed E-state index contributed by atoms with van der Waals surface area (Å²) in [6, 6.07) is 15.8. The van der Waals surface area contributed by atoms with Gasteiger partial charge in [0.05, 0.1) is 20.4 Å². The Balaban J connectivity index is 1.79. The number of nitrogens with one attached hydrogen (secondary N) is 1. The van der Waals surface area contributed by atoms with Crippen LogP contribution in [0.1, 0.15) is 21.5 Å². The molecule has 0 saturated heterocycles. The predicted molar refractivity (Wildman–Crippen MR) is 128 cm³/mol. The molecule has 1 amide bonds. The van der Waals surface area contributed by atoms with Crippen molar-refractivity contribution in [2.45, 2.75) is 11.8 Å². The summed E-state index contributed by atoms with van der Waals surface area (Å²) < 4.78 is 41.7. The number of ether oxygens (including phenoxy) is 2. The standard InChI is InChI=1S/C23H21BrN2O6S/c1-15-4-8-19(9-5-15)33(28,29)32-20-11-7-18(24)12-17(20)14-25-26-23(27)16-6-10-21(30-2)22(13-16)31-3/h4-14H,1-3H3,(H,26,27)/b25-14+. The Morgan fingerprint density at radius 2 is 1.61 bits per heavy atom. The minimum Gasteiger partial charge on any atom is -0.493 e. The predicted octanol–water partition coefficient (Wildman–Crippen LogP) is 4.31. The van der Waals surface area contributed by atoms with Crippen LogP contribution in [0.3, 0.4) is 0 Å². The molecular weight excluding hydrogens is 512 g/mol. The van der Waals surface area contributed by atoms with E-state index >= 15 is 0 Å². The first-order chi connectivity index (χ1) is 15.7. The van der Waals surface area contributed by atoms with Crippen LogP contribution < -0.4 is 19.1 Å². The second-order valence-corrected chi connectivity index (χ2v) is 9.26. The first kappa shape index (κ1) is 24.3. The van der Waals surface area contributed by atoms with Crippen LogP contribution in [0.25, 0.3) is 0 Å². The molecule has 0 bridgehead atoms. The van der Waals surface area contributed by atoms with E-state index in [4.69, 9.17) is 13.7 Å². The van der Waals surface area contributed by atoms with E-state index in [2.05, 4.69) is 26.5 Å². The molecule has 10 heteroatoms. The van der Waals surface area contributed by atoms with Crippen molar-refractivity contribution in [2.24, 2.45) is 5.10 Å². The third kappa shape index (κ3) is 6.11. The number of hydrazone groups is 1. The van der Waals surface area contributed by atoms with Crippen LogP contribution in [0.5, 0.6) is 17.2 Å². The lowest BCUT2D eigenvalue weighted by molar-refractivity contribution is 0.0954. The third-order valence-electron chi connectivity index (χ3n) is 4.50. The average molecular weight is 533 g/mol. The van der Waals surface area contributed by atoms with Gasteiger partial charge in [-0.3, -0.25) is 4.79 Å². The number of amides is 1. The van der Waals surface area contributed by atoms with Crippen molar-refractivity contribution in [1.29, 1.82) is 0 Å². The van der Waals surface area contributed by atoms with Gasteiger partial charge in [-0.15, -0.1) is 0 Å². The van der Waals surface area contributed by atoms with Gasteiger partial charge in [0.2, 0.25) is 0 Å².